The minimum Gasteiger partial charge on any atom is -0.399 e. The number of halogens is 1. The van der Waals surface area contributed by atoms with Crippen molar-refractivity contribution < 1.29 is 9.13 Å². The van der Waals surface area contributed by atoms with Crippen molar-refractivity contribution in [3.8, 4) is 0 Å². The van der Waals surface area contributed by atoms with Crippen molar-refractivity contribution in [2.24, 2.45) is 0 Å². The van der Waals surface area contributed by atoms with Crippen molar-refractivity contribution >= 4 is 17.1 Å². The first kappa shape index (κ1) is 18.5. The Labute approximate surface area is 155 Å². The fraction of sp³-hybridized carbons (Fsp3) is 0.429. The highest BCUT2D eigenvalue weighted by atomic mass is 19.1. The fourth-order valence-corrected chi connectivity index (χ4v) is 3.59. The summed E-state index contributed by atoms with van der Waals surface area (Å²) in [6, 6.07) is 11.5. The van der Waals surface area contributed by atoms with Crippen LogP contribution in [0.2, 0.25) is 0 Å². The maximum Gasteiger partial charge on any atom is 0.151 e. The number of nitrogen functional groups attached to an aromatic ring is 1. The van der Waals surface area contributed by atoms with Crippen LogP contribution in [0.15, 0.2) is 36.4 Å². The van der Waals surface area contributed by atoms with E-state index >= 15 is 4.39 Å². The molecule has 3 N–H and O–H groups in total. The Kier molecular flexibility index (Phi) is 5.67. The highest BCUT2D eigenvalue weighted by Gasteiger charge is 2.25. The normalized spacial score (nSPS) is 20.2. The summed E-state index contributed by atoms with van der Waals surface area (Å²) in [5, 5.41) is 3.21. The summed E-state index contributed by atoms with van der Waals surface area (Å²) >= 11 is 0. The average Bonchev–Trinajstić information content (AvgIpc) is 2.61. The Balaban J connectivity index is 1.79. The fourth-order valence-electron chi connectivity index (χ4n) is 3.59. The first-order valence-electron chi connectivity index (χ1n) is 9.28. The standard InChI is InChI=1S/C21H28FN3O/c1-4-18-20(25-12-14(2)26-15(3)13-25)10-9-19(21(18)22)24-11-16-5-7-17(23)8-6-16/h5-10,14-15,24H,4,11-13,23H2,1-3H3. The van der Waals surface area contributed by atoms with Crippen molar-refractivity contribution in [3.05, 3.63) is 53.3 Å². The minimum atomic E-state index is -0.160. The molecule has 4 nitrogen and oxygen atoms in total. The van der Waals surface area contributed by atoms with Crippen LogP contribution in [-0.4, -0.2) is 25.3 Å². The van der Waals surface area contributed by atoms with Gasteiger partial charge in [0.05, 0.1) is 17.9 Å². The molecule has 140 valence electrons. The van der Waals surface area contributed by atoms with Crippen molar-refractivity contribution in [1.82, 2.24) is 0 Å². The lowest BCUT2D eigenvalue weighted by molar-refractivity contribution is -0.00527. The van der Waals surface area contributed by atoms with Crippen LogP contribution >= 0.6 is 0 Å². The molecule has 1 saturated heterocycles. The monoisotopic (exact) mass is 357 g/mol. The second-order valence-corrected chi connectivity index (χ2v) is 7.04. The van der Waals surface area contributed by atoms with Crippen molar-refractivity contribution in [2.45, 2.75) is 45.9 Å². The second kappa shape index (κ2) is 7.96. The van der Waals surface area contributed by atoms with Gasteiger partial charge >= 0.3 is 0 Å². The summed E-state index contributed by atoms with van der Waals surface area (Å²) in [7, 11) is 0. The quantitative estimate of drug-likeness (QED) is 0.788. The van der Waals surface area contributed by atoms with E-state index in [1.54, 1.807) is 0 Å². The molecular weight excluding hydrogens is 329 g/mol. The molecule has 2 atom stereocenters. The van der Waals surface area contributed by atoms with E-state index in [9.17, 15) is 0 Å². The van der Waals surface area contributed by atoms with Gasteiger partial charge in [0, 0.05) is 36.6 Å². The van der Waals surface area contributed by atoms with Crippen molar-refractivity contribution in [1.29, 1.82) is 0 Å². The van der Waals surface area contributed by atoms with E-state index in [2.05, 4.69) is 24.1 Å². The summed E-state index contributed by atoms with van der Waals surface area (Å²) in [6.45, 7) is 8.26. The van der Waals surface area contributed by atoms with Crippen LogP contribution in [0.3, 0.4) is 0 Å². The zero-order valence-electron chi connectivity index (χ0n) is 15.8. The van der Waals surface area contributed by atoms with Crippen LogP contribution in [0.25, 0.3) is 0 Å². The summed E-state index contributed by atoms with van der Waals surface area (Å²) < 4.78 is 20.9. The van der Waals surface area contributed by atoms with Crippen LogP contribution in [0, 0.1) is 5.82 Å². The number of nitrogens with one attached hydrogen (secondary N) is 1. The molecule has 0 spiro atoms. The zero-order valence-corrected chi connectivity index (χ0v) is 15.8. The molecule has 0 amide bonds. The van der Waals surface area contributed by atoms with E-state index in [4.69, 9.17) is 10.5 Å². The SMILES string of the molecule is CCc1c(N2CC(C)OC(C)C2)ccc(NCc2ccc(N)cc2)c1F. The third-order valence-electron chi connectivity index (χ3n) is 4.80. The Morgan fingerprint density at radius 1 is 1.12 bits per heavy atom. The number of anilines is 3. The molecule has 1 aliphatic heterocycles. The lowest BCUT2D eigenvalue weighted by atomic mass is 10.0. The number of benzene rings is 2. The van der Waals surface area contributed by atoms with E-state index in [1.807, 2.05) is 43.3 Å². The Morgan fingerprint density at radius 3 is 2.38 bits per heavy atom. The molecule has 2 unspecified atom stereocenters. The van der Waals surface area contributed by atoms with E-state index in [0.717, 1.165) is 35.6 Å². The van der Waals surface area contributed by atoms with Gasteiger partial charge in [-0.15, -0.1) is 0 Å². The lowest BCUT2D eigenvalue weighted by Gasteiger charge is -2.38. The van der Waals surface area contributed by atoms with E-state index < -0.39 is 0 Å². The van der Waals surface area contributed by atoms with E-state index in [-0.39, 0.29) is 18.0 Å². The van der Waals surface area contributed by atoms with Gasteiger partial charge in [0.25, 0.3) is 0 Å². The highest BCUT2D eigenvalue weighted by molar-refractivity contribution is 5.63. The number of hydrogen-bond acceptors (Lipinski definition) is 4. The molecule has 26 heavy (non-hydrogen) atoms. The van der Waals surface area contributed by atoms with E-state index in [0.29, 0.717) is 18.7 Å². The molecular formula is C21H28FN3O. The van der Waals surface area contributed by atoms with Crippen LogP contribution in [-0.2, 0) is 17.7 Å². The molecule has 1 heterocycles. The summed E-state index contributed by atoms with van der Waals surface area (Å²) in [5.74, 6) is -0.160. The first-order valence-corrected chi connectivity index (χ1v) is 9.28. The second-order valence-electron chi connectivity index (χ2n) is 7.04. The molecule has 0 radical (unpaired) electrons. The van der Waals surface area contributed by atoms with Crippen molar-refractivity contribution in [2.75, 3.05) is 29.0 Å². The molecule has 0 aliphatic carbocycles. The minimum absolute atomic E-state index is 0.148. The van der Waals surface area contributed by atoms with Crippen LogP contribution in [0.5, 0.6) is 0 Å². The summed E-state index contributed by atoms with van der Waals surface area (Å²) in [4.78, 5) is 2.24. The predicted molar refractivity (Wildman–Crippen MR) is 106 cm³/mol. The number of nitrogens with zero attached hydrogens (tertiary/aromatic N) is 1. The van der Waals surface area contributed by atoms with Crippen LogP contribution < -0.4 is 16.0 Å². The maximum absolute atomic E-state index is 15.1. The molecule has 2 aromatic carbocycles. The van der Waals surface area contributed by atoms with Crippen LogP contribution in [0.4, 0.5) is 21.5 Å². The highest BCUT2D eigenvalue weighted by Crippen LogP contribution is 2.31. The summed E-state index contributed by atoms with van der Waals surface area (Å²) in [6.07, 6.45) is 0.947. The first-order chi connectivity index (χ1) is 12.5. The number of morpholine rings is 1. The third kappa shape index (κ3) is 4.10. The molecule has 1 fully saturated rings. The zero-order chi connectivity index (χ0) is 18.7. The van der Waals surface area contributed by atoms with Gasteiger partial charge in [-0.05, 0) is 50.1 Å². The average molecular weight is 357 g/mol. The molecule has 0 saturated carbocycles. The Morgan fingerprint density at radius 2 is 1.77 bits per heavy atom. The molecule has 5 heteroatoms. The molecule has 1 aliphatic rings. The van der Waals surface area contributed by atoms with Gasteiger partial charge in [-0.1, -0.05) is 19.1 Å². The predicted octanol–water partition coefficient (Wildman–Crippen LogP) is 4.20. The van der Waals surface area contributed by atoms with Gasteiger partial charge in [0.2, 0.25) is 0 Å². The van der Waals surface area contributed by atoms with Gasteiger partial charge in [-0.3, -0.25) is 0 Å². The number of hydrogen-bond donors (Lipinski definition) is 2. The molecule has 0 bridgehead atoms. The van der Waals surface area contributed by atoms with Gasteiger partial charge in [-0.25, -0.2) is 4.39 Å². The van der Waals surface area contributed by atoms with E-state index in [1.165, 1.54) is 0 Å². The largest absolute Gasteiger partial charge is 0.399 e. The van der Waals surface area contributed by atoms with Gasteiger partial charge in [0.15, 0.2) is 5.82 Å². The number of nitrogens with two attached hydrogens (primary N) is 1. The molecule has 0 aromatic heterocycles. The third-order valence-corrected chi connectivity index (χ3v) is 4.80. The smallest absolute Gasteiger partial charge is 0.151 e. The lowest BCUT2D eigenvalue weighted by Crippen LogP contribution is -2.45. The Hall–Kier alpha value is -2.27. The molecule has 2 aromatic rings. The molecule has 3 rings (SSSR count). The number of rotatable bonds is 5. The van der Waals surface area contributed by atoms with Gasteiger partial charge in [0.1, 0.15) is 0 Å². The van der Waals surface area contributed by atoms with Crippen molar-refractivity contribution in [3.63, 3.8) is 0 Å². The number of ether oxygens (including phenoxy) is 1. The summed E-state index contributed by atoms with van der Waals surface area (Å²) in [5.41, 5.74) is 9.78. The topological polar surface area (TPSA) is 50.5 Å². The Bertz CT molecular complexity index is 738. The van der Waals surface area contributed by atoms with Crippen LogP contribution in [0.1, 0.15) is 31.9 Å². The van der Waals surface area contributed by atoms with Gasteiger partial charge in [-0.2, -0.15) is 0 Å². The maximum atomic E-state index is 15.1. The van der Waals surface area contributed by atoms with Gasteiger partial charge < -0.3 is 20.7 Å².